The van der Waals surface area contributed by atoms with E-state index in [1.54, 1.807) is 31.4 Å². The number of carbonyl (C=O) groups is 2. The maximum absolute atomic E-state index is 11.9. The zero-order valence-electron chi connectivity index (χ0n) is 19.5. The number of ketones is 2. The lowest BCUT2D eigenvalue weighted by molar-refractivity contribution is -0.254. The van der Waals surface area contributed by atoms with E-state index >= 15 is 0 Å². The number of benzene rings is 1. The summed E-state index contributed by atoms with van der Waals surface area (Å²) >= 11 is 0. The van der Waals surface area contributed by atoms with E-state index in [2.05, 4.69) is 0 Å². The SMILES string of the molecule is C/C=C\CC(=O)C(=O)C/C=C\c1ccc(OC)c(OC2CC(C)(C)N(O)C(C)(C)C2)c1. The molecule has 1 heterocycles. The van der Waals surface area contributed by atoms with Gasteiger partial charge in [0.05, 0.1) is 7.11 Å². The zero-order valence-corrected chi connectivity index (χ0v) is 19.5. The standard InChI is InChI=1S/C25H35NO5/c1-7-8-11-20(27)21(28)12-9-10-18-13-14-22(30-6)23(15-18)31-19-16-24(2,3)26(29)25(4,5)17-19/h7-10,13-15,19,29H,11-12,16-17H2,1-6H3/b8-7-,10-9-. The molecule has 0 atom stereocenters. The highest BCUT2D eigenvalue weighted by Gasteiger charge is 2.46. The second-order valence-electron chi connectivity index (χ2n) is 9.22. The van der Waals surface area contributed by atoms with Gasteiger partial charge in [-0.25, -0.2) is 0 Å². The predicted octanol–water partition coefficient (Wildman–Crippen LogP) is 4.99. The molecule has 6 nitrogen and oxygen atoms in total. The molecule has 0 aliphatic carbocycles. The first kappa shape index (κ1) is 24.8. The molecule has 1 N–H and O–H groups in total. The van der Waals surface area contributed by atoms with Gasteiger partial charge in [-0.2, -0.15) is 5.06 Å². The van der Waals surface area contributed by atoms with Gasteiger partial charge in [0.2, 0.25) is 11.6 Å². The van der Waals surface area contributed by atoms with Crippen molar-refractivity contribution in [3.63, 3.8) is 0 Å². The van der Waals surface area contributed by atoms with Gasteiger partial charge in [-0.3, -0.25) is 9.59 Å². The molecule has 170 valence electrons. The average molecular weight is 430 g/mol. The van der Waals surface area contributed by atoms with Crippen molar-refractivity contribution in [2.75, 3.05) is 7.11 Å². The molecule has 1 aliphatic heterocycles. The Morgan fingerprint density at radius 2 is 1.65 bits per heavy atom. The molecule has 6 heteroatoms. The van der Waals surface area contributed by atoms with Crippen molar-refractivity contribution in [3.8, 4) is 11.5 Å². The van der Waals surface area contributed by atoms with Crippen LogP contribution in [0.15, 0.2) is 36.4 Å². The van der Waals surface area contributed by atoms with E-state index in [0.717, 1.165) is 5.56 Å². The monoisotopic (exact) mass is 429 g/mol. The second kappa shape index (κ2) is 10.2. The number of ether oxygens (including phenoxy) is 2. The van der Waals surface area contributed by atoms with Gasteiger partial charge in [0.15, 0.2) is 11.5 Å². The molecule has 1 aliphatic rings. The van der Waals surface area contributed by atoms with Gasteiger partial charge in [0, 0.05) is 36.8 Å². The highest BCUT2D eigenvalue weighted by Crippen LogP contribution is 2.40. The first-order valence-corrected chi connectivity index (χ1v) is 10.7. The molecular formula is C25H35NO5. The lowest BCUT2D eigenvalue weighted by Crippen LogP contribution is -2.61. The van der Waals surface area contributed by atoms with Crippen LogP contribution in [-0.2, 0) is 9.59 Å². The second-order valence-corrected chi connectivity index (χ2v) is 9.22. The summed E-state index contributed by atoms with van der Waals surface area (Å²) in [6, 6.07) is 5.57. The summed E-state index contributed by atoms with van der Waals surface area (Å²) in [6.07, 6.45) is 8.38. The lowest BCUT2D eigenvalue weighted by atomic mass is 9.80. The van der Waals surface area contributed by atoms with Gasteiger partial charge in [0.1, 0.15) is 6.10 Å². The average Bonchev–Trinajstić information content (AvgIpc) is 2.69. The van der Waals surface area contributed by atoms with Crippen LogP contribution in [0.3, 0.4) is 0 Å². The minimum atomic E-state index is -0.420. The van der Waals surface area contributed by atoms with Crippen LogP contribution in [0.1, 0.15) is 65.9 Å². The Morgan fingerprint density at radius 1 is 1.06 bits per heavy atom. The number of methoxy groups -OCH3 is 1. The summed E-state index contributed by atoms with van der Waals surface area (Å²) < 4.78 is 11.8. The van der Waals surface area contributed by atoms with Gasteiger partial charge < -0.3 is 14.7 Å². The summed E-state index contributed by atoms with van der Waals surface area (Å²) in [4.78, 5) is 23.7. The van der Waals surface area contributed by atoms with E-state index in [-0.39, 0.29) is 24.7 Å². The highest BCUT2D eigenvalue weighted by molar-refractivity contribution is 6.37. The summed E-state index contributed by atoms with van der Waals surface area (Å²) in [7, 11) is 1.59. The molecule has 0 aromatic heterocycles. The van der Waals surface area contributed by atoms with Gasteiger partial charge >= 0.3 is 0 Å². The van der Waals surface area contributed by atoms with E-state index in [1.807, 2.05) is 52.8 Å². The third-order valence-electron chi connectivity index (χ3n) is 5.55. The van der Waals surface area contributed by atoms with Crippen LogP contribution >= 0.6 is 0 Å². The number of allylic oxidation sites excluding steroid dienone is 3. The van der Waals surface area contributed by atoms with Gasteiger partial charge in [0.25, 0.3) is 0 Å². The molecular weight excluding hydrogens is 394 g/mol. The summed E-state index contributed by atoms with van der Waals surface area (Å²) in [6.45, 7) is 9.80. The maximum atomic E-state index is 11.9. The molecule has 31 heavy (non-hydrogen) atoms. The highest BCUT2D eigenvalue weighted by atomic mass is 16.5. The summed E-state index contributed by atoms with van der Waals surface area (Å²) in [5.74, 6) is 0.446. The van der Waals surface area contributed by atoms with E-state index in [9.17, 15) is 14.8 Å². The zero-order chi connectivity index (χ0) is 23.2. The number of hydroxylamine groups is 2. The molecule has 1 aromatic carbocycles. The van der Waals surface area contributed by atoms with E-state index < -0.39 is 16.9 Å². The Labute approximate surface area is 185 Å². The number of nitrogens with zero attached hydrogens (tertiary/aromatic N) is 1. The molecule has 0 amide bonds. The smallest absolute Gasteiger partial charge is 0.202 e. The van der Waals surface area contributed by atoms with Gasteiger partial charge in [-0.05, 0) is 52.3 Å². The minimum Gasteiger partial charge on any atom is -0.493 e. The van der Waals surface area contributed by atoms with Crippen LogP contribution in [0, 0.1) is 0 Å². The fourth-order valence-electron chi connectivity index (χ4n) is 4.09. The first-order chi connectivity index (χ1) is 14.5. The van der Waals surface area contributed by atoms with Crippen molar-refractivity contribution in [1.29, 1.82) is 0 Å². The predicted molar refractivity (Wildman–Crippen MR) is 122 cm³/mol. The fourth-order valence-corrected chi connectivity index (χ4v) is 4.09. The molecule has 0 unspecified atom stereocenters. The van der Waals surface area contributed by atoms with Crippen molar-refractivity contribution < 1.29 is 24.3 Å². The minimum absolute atomic E-state index is 0.0654. The Hall–Kier alpha value is -2.44. The van der Waals surface area contributed by atoms with Crippen molar-refractivity contribution in [2.24, 2.45) is 0 Å². The number of hydrogen-bond donors (Lipinski definition) is 1. The quantitative estimate of drug-likeness (QED) is 0.440. The topological polar surface area (TPSA) is 76.1 Å². The Bertz CT molecular complexity index is 835. The molecule has 0 spiro atoms. The van der Waals surface area contributed by atoms with Crippen LogP contribution in [0.25, 0.3) is 6.08 Å². The number of carbonyl (C=O) groups excluding carboxylic acids is 2. The van der Waals surface area contributed by atoms with Crippen molar-refractivity contribution in [3.05, 3.63) is 42.0 Å². The Morgan fingerprint density at radius 3 is 2.19 bits per heavy atom. The van der Waals surface area contributed by atoms with E-state index in [0.29, 0.717) is 24.3 Å². The van der Waals surface area contributed by atoms with Crippen LogP contribution in [0.5, 0.6) is 11.5 Å². The van der Waals surface area contributed by atoms with Crippen LogP contribution < -0.4 is 9.47 Å². The number of hydrogen-bond acceptors (Lipinski definition) is 6. The molecule has 0 bridgehead atoms. The largest absolute Gasteiger partial charge is 0.493 e. The molecule has 1 aromatic rings. The molecule has 1 saturated heterocycles. The van der Waals surface area contributed by atoms with Crippen LogP contribution in [0.4, 0.5) is 0 Å². The molecule has 1 fully saturated rings. The Balaban J connectivity index is 2.12. The number of rotatable bonds is 9. The lowest BCUT2D eigenvalue weighted by Gasteiger charge is -2.51. The first-order valence-electron chi connectivity index (χ1n) is 10.7. The molecule has 0 radical (unpaired) electrons. The summed E-state index contributed by atoms with van der Waals surface area (Å²) in [5, 5.41) is 11.9. The third-order valence-corrected chi connectivity index (χ3v) is 5.55. The normalized spacial score (nSPS) is 19.1. The fraction of sp³-hybridized carbons (Fsp3) is 0.520. The third kappa shape index (κ3) is 6.52. The number of Topliss-reactive ketones (excluding diaryl/α,β-unsaturated/α-hetero) is 2. The van der Waals surface area contributed by atoms with Gasteiger partial charge in [-0.15, -0.1) is 0 Å². The van der Waals surface area contributed by atoms with Crippen molar-refractivity contribution in [2.45, 2.75) is 77.5 Å². The van der Waals surface area contributed by atoms with Crippen LogP contribution in [-0.4, -0.2) is 46.1 Å². The van der Waals surface area contributed by atoms with Crippen LogP contribution in [0.2, 0.25) is 0 Å². The van der Waals surface area contributed by atoms with E-state index in [1.165, 1.54) is 5.06 Å². The molecule has 0 saturated carbocycles. The van der Waals surface area contributed by atoms with Gasteiger partial charge in [-0.1, -0.05) is 30.4 Å². The molecule has 2 rings (SSSR count). The van der Waals surface area contributed by atoms with Crippen molar-refractivity contribution >= 4 is 17.6 Å². The van der Waals surface area contributed by atoms with Crippen molar-refractivity contribution in [1.82, 2.24) is 5.06 Å². The summed E-state index contributed by atoms with van der Waals surface area (Å²) in [5.41, 5.74) is 0.0104. The number of piperidine rings is 1. The van der Waals surface area contributed by atoms with E-state index in [4.69, 9.17) is 9.47 Å². The Kier molecular flexibility index (Phi) is 8.21. The maximum Gasteiger partial charge on any atom is 0.202 e.